The number of rotatable bonds is 3. The van der Waals surface area contributed by atoms with Crippen LogP contribution >= 0.6 is 0 Å². The van der Waals surface area contributed by atoms with Crippen LogP contribution in [0.4, 0.5) is 0 Å². The molecule has 2 fully saturated rings. The lowest BCUT2D eigenvalue weighted by Gasteiger charge is -2.26. The van der Waals surface area contributed by atoms with E-state index in [9.17, 15) is 4.79 Å². The maximum atomic E-state index is 10.8. The Morgan fingerprint density at radius 3 is 2.53 bits per heavy atom. The molecule has 1 heterocycles. The highest BCUT2D eigenvalue weighted by Crippen LogP contribution is 2.26. The smallest absolute Gasteiger partial charge is 0.307 e. The Hall–Kier alpha value is -0.570. The molecule has 0 radical (unpaired) electrons. The fourth-order valence-corrected chi connectivity index (χ4v) is 2.93. The summed E-state index contributed by atoms with van der Waals surface area (Å²) in [6, 6.07) is 0. The average Bonchev–Trinajstić information content (AvgIpc) is 2.68. The predicted octanol–water partition coefficient (Wildman–Crippen LogP) is 1.97. The van der Waals surface area contributed by atoms with Crippen LogP contribution in [0.5, 0.6) is 0 Å². The van der Waals surface area contributed by atoms with E-state index in [2.05, 4.69) is 4.90 Å². The number of likely N-dealkylation sites (tertiary alicyclic amines) is 1. The second kappa shape index (κ2) is 4.97. The summed E-state index contributed by atoms with van der Waals surface area (Å²) < 4.78 is 0. The lowest BCUT2D eigenvalue weighted by atomic mass is 9.89. The summed E-state index contributed by atoms with van der Waals surface area (Å²) in [6.07, 6.45) is 7.71. The zero-order chi connectivity index (χ0) is 10.7. The number of hydrogen-bond acceptors (Lipinski definition) is 2. The number of carbonyl (C=O) groups is 1. The number of carboxylic acid groups (broad SMARTS) is 1. The van der Waals surface area contributed by atoms with Crippen LogP contribution in [0.25, 0.3) is 0 Å². The normalized spacial score (nSPS) is 29.5. The molecule has 2 rings (SSSR count). The molecule has 1 saturated carbocycles. The third kappa shape index (κ3) is 2.94. The molecule has 1 aliphatic heterocycles. The largest absolute Gasteiger partial charge is 0.481 e. The number of carboxylic acids is 1. The molecule has 86 valence electrons. The van der Waals surface area contributed by atoms with Gasteiger partial charge in [0.05, 0.1) is 5.92 Å². The molecule has 0 aromatic heterocycles. The third-order valence-corrected chi connectivity index (χ3v) is 3.86. The summed E-state index contributed by atoms with van der Waals surface area (Å²) in [5.74, 6) is 0.126. The van der Waals surface area contributed by atoms with E-state index in [0.29, 0.717) is 0 Å². The summed E-state index contributed by atoms with van der Waals surface area (Å²) in [5, 5.41) is 8.91. The minimum Gasteiger partial charge on any atom is -0.481 e. The molecule has 0 spiro atoms. The fourth-order valence-electron chi connectivity index (χ4n) is 2.93. The van der Waals surface area contributed by atoms with Crippen LogP contribution < -0.4 is 0 Å². The van der Waals surface area contributed by atoms with Crippen LogP contribution in [0.15, 0.2) is 0 Å². The van der Waals surface area contributed by atoms with E-state index in [4.69, 9.17) is 5.11 Å². The van der Waals surface area contributed by atoms with Crippen LogP contribution in [0, 0.1) is 11.8 Å². The van der Waals surface area contributed by atoms with Gasteiger partial charge in [0.15, 0.2) is 0 Å². The van der Waals surface area contributed by atoms with E-state index in [1.165, 1.54) is 32.1 Å². The molecule has 1 saturated heterocycles. The zero-order valence-electron chi connectivity index (χ0n) is 9.32. The molecule has 0 bridgehead atoms. The van der Waals surface area contributed by atoms with Crippen molar-refractivity contribution in [2.75, 3.05) is 19.6 Å². The van der Waals surface area contributed by atoms with E-state index in [1.807, 2.05) is 0 Å². The van der Waals surface area contributed by atoms with Gasteiger partial charge in [-0.3, -0.25) is 4.79 Å². The topological polar surface area (TPSA) is 40.5 Å². The quantitative estimate of drug-likeness (QED) is 0.776. The molecule has 1 N–H and O–H groups in total. The molecule has 0 aromatic carbocycles. The highest BCUT2D eigenvalue weighted by molar-refractivity contribution is 5.70. The van der Waals surface area contributed by atoms with Crippen molar-refractivity contribution in [1.29, 1.82) is 0 Å². The zero-order valence-corrected chi connectivity index (χ0v) is 9.32. The van der Waals surface area contributed by atoms with Crippen molar-refractivity contribution < 1.29 is 9.90 Å². The van der Waals surface area contributed by atoms with E-state index in [0.717, 1.165) is 32.0 Å². The van der Waals surface area contributed by atoms with Gasteiger partial charge in [-0.15, -0.1) is 0 Å². The Morgan fingerprint density at radius 1 is 1.20 bits per heavy atom. The first kappa shape index (κ1) is 10.9. The van der Waals surface area contributed by atoms with Gasteiger partial charge in [-0.25, -0.2) is 0 Å². The molecule has 3 nitrogen and oxygen atoms in total. The fraction of sp³-hybridized carbons (Fsp3) is 0.917. The summed E-state index contributed by atoms with van der Waals surface area (Å²) in [4.78, 5) is 13.2. The van der Waals surface area contributed by atoms with Crippen molar-refractivity contribution in [2.24, 2.45) is 11.8 Å². The number of nitrogens with zero attached hydrogens (tertiary/aromatic N) is 1. The summed E-state index contributed by atoms with van der Waals surface area (Å²) in [7, 11) is 0. The Bertz CT molecular complexity index is 224. The van der Waals surface area contributed by atoms with Crippen molar-refractivity contribution in [2.45, 2.75) is 38.5 Å². The van der Waals surface area contributed by atoms with E-state index in [-0.39, 0.29) is 5.92 Å². The van der Waals surface area contributed by atoms with Crippen molar-refractivity contribution in [3.63, 3.8) is 0 Å². The number of aliphatic carboxylic acids is 1. The molecule has 3 heteroatoms. The molecule has 1 aliphatic carbocycles. The lowest BCUT2D eigenvalue weighted by Crippen LogP contribution is -2.29. The molecule has 2 aliphatic rings. The predicted molar refractivity (Wildman–Crippen MR) is 58.8 cm³/mol. The maximum absolute atomic E-state index is 10.8. The van der Waals surface area contributed by atoms with Gasteiger partial charge >= 0.3 is 5.97 Å². The van der Waals surface area contributed by atoms with Gasteiger partial charge in [-0.05, 0) is 31.7 Å². The van der Waals surface area contributed by atoms with Crippen molar-refractivity contribution >= 4 is 5.97 Å². The second-order valence-corrected chi connectivity index (χ2v) is 5.09. The molecule has 0 aromatic rings. The minimum absolute atomic E-state index is 0.103. The van der Waals surface area contributed by atoms with Crippen LogP contribution in [0.2, 0.25) is 0 Å². The summed E-state index contributed by atoms with van der Waals surface area (Å²) >= 11 is 0. The minimum atomic E-state index is -0.610. The molecular weight excluding hydrogens is 190 g/mol. The first-order chi connectivity index (χ1) is 7.25. The number of hydrogen-bond donors (Lipinski definition) is 1. The average molecular weight is 211 g/mol. The maximum Gasteiger partial charge on any atom is 0.307 e. The van der Waals surface area contributed by atoms with E-state index < -0.39 is 5.97 Å². The molecule has 0 amide bonds. The Labute approximate surface area is 91.5 Å². The van der Waals surface area contributed by atoms with Gasteiger partial charge in [0.1, 0.15) is 0 Å². The monoisotopic (exact) mass is 211 g/mol. The first-order valence-corrected chi connectivity index (χ1v) is 6.21. The summed E-state index contributed by atoms with van der Waals surface area (Å²) in [6.45, 7) is 2.92. The van der Waals surface area contributed by atoms with Crippen molar-refractivity contribution in [3.05, 3.63) is 0 Å². The van der Waals surface area contributed by atoms with Crippen LogP contribution in [-0.4, -0.2) is 35.6 Å². The SMILES string of the molecule is O=C(O)[C@H]1CCN(CC2CCCCC2)C1. The van der Waals surface area contributed by atoms with Gasteiger partial charge < -0.3 is 10.0 Å². The van der Waals surface area contributed by atoms with Crippen LogP contribution in [0.1, 0.15) is 38.5 Å². The second-order valence-electron chi connectivity index (χ2n) is 5.09. The van der Waals surface area contributed by atoms with E-state index in [1.54, 1.807) is 0 Å². The van der Waals surface area contributed by atoms with Crippen LogP contribution in [-0.2, 0) is 4.79 Å². The molecule has 1 atom stereocenters. The Balaban J connectivity index is 1.74. The van der Waals surface area contributed by atoms with Gasteiger partial charge in [-0.1, -0.05) is 19.3 Å². The molecule has 15 heavy (non-hydrogen) atoms. The van der Waals surface area contributed by atoms with Crippen molar-refractivity contribution in [1.82, 2.24) is 4.90 Å². The van der Waals surface area contributed by atoms with Crippen molar-refractivity contribution in [3.8, 4) is 0 Å². The van der Waals surface area contributed by atoms with Gasteiger partial charge in [-0.2, -0.15) is 0 Å². The Kier molecular flexibility index (Phi) is 3.62. The van der Waals surface area contributed by atoms with E-state index >= 15 is 0 Å². The summed E-state index contributed by atoms with van der Waals surface area (Å²) in [5.41, 5.74) is 0. The lowest BCUT2D eigenvalue weighted by molar-refractivity contribution is -0.141. The van der Waals surface area contributed by atoms with Gasteiger partial charge in [0, 0.05) is 13.1 Å². The highest BCUT2D eigenvalue weighted by Gasteiger charge is 2.29. The first-order valence-electron chi connectivity index (χ1n) is 6.21. The molecule has 0 unspecified atom stereocenters. The van der Waals surface area contributed by atoms with Crippen LogP contribution in [0.3, 0.4) is 0 Å². The highest BCUT2D eigenvalue weighted by atomic mass is 16.4. The van der Waals surface area contributed by atoms with Gasteiger partial charge in [0.2, 0.25) is 0 Å². The third-order valence-electron chi connectivity index (χ3n) is 3.86. The standard InChI is InChI=1S/C12H21NO2/c14-12(15)11-6-7-13(9-11)8-10-4-2-1-3-5-10/h10-11H,1-9H2,(H,14,15)/t11-/m0/s1. The molecular formula is C12H21NO2. The van der Waals surface area contributed by atoms with Gasteiger partial charge in [0.25, 0.3) is 0 Å². The Morgan fingerprint density at radius 2 is 1.93 bits per heavy atom.